The molecule has 0 aromatic heterocycles. The molecule has 144 valence electrons. The molecule has 0 aliphatic heterocycles. The molecule has 2 aromatic rings. The minimum absolute atomic E-state index is 0.0221. The highest BCUT2D eigenvalue weighted by Gasteiger charge is 2.23. The van der Waals surface area contributed by atoms with Gasteiger partial charge in [-0.05, 0) is 30.2 Å². The predicted molar refractivity (Wildman–Crippen MR) is 105 cm³/mol. The van der Waals surface area contributed by atoms with E-state index in [1.54, 1.807) is 54.6 Å². The van der Waals surface area contributed by atoms with Crippen LogP contribution >= 0.6 is 11.6 Å². The van der Waals surface area contributed by atoms with Gasteiger partial charge in [0.05, 0.1) is 5.75 Å². The van der Waals surface area contributed by atoms with Crippen LogP contribution in [0.2, 0.25) is 5.02 Å². The first-order valence-electron chi connectivity index (χ1n) is 8.31. The standard InChI is InChI=1S/C19H21ClN2O4S/c1-27(25,26)12-11-17(22-18(23)14-7-3-2-4-8-14)19(24)21-13-15-9-5-6-10-16(15)20/h2-10,17H,11-13H2,1H3,(H,21,24)(H,22,23)/t17-/m1/s1. The monoisotopic (exact) mass is 408 g/mol. The molecular formula is C19H21ClN2O4S. The highest BCUT2D eigenvalue weighted by atomic mass is 35.5. The van der Waals surface area contributed by atoms with Gasteiger partial charge in [0.25, 0.3) is 5.91 Å². The Bertz CT molecular complexity index is 901. The number of carbonyl (C=O) groups excluding carboxylic acids is 2. The van der Waals surface area contributed by atoms with Crippen molar-refractivity contribution in [3.05, 3.63) is 70.7 Å². The molecule has 2 N–H and O–H groups in total. The quantitative estimate of drug-likeness (QED) is 0.700. The van der Waals surface area contributed by atoms with Crippen LogP contribution in [0.15, 0.2) is 54.6 Å². The second kappa shape index (κ2) is 9.53. The lowest BCUT2D eigenvalue weighted by Crippen LogP contribution is -2.47. The lowest BCUT2D eigenvalue weighted by molar-refractivity contribution is -0.123. The largest absolute Gasteiger partial charge is 0.350 e. The summed E-state index contributed by atoms with van der Waals surface area (Å²) < 4.78 is 23.0. The van der Waals surface area contributed by atoms with E-state index in [4.69, 9.17) is 11.6 Å². The zero-order chi connectivity index (χ0) is 19.9. The first-order valence-corrected chi connectivity index (χ1v) is 10.7. The van der Waals surface area contributed by atoms with Gasteiger partial charge in [0.2, 0.25) is 5.91 Å². The molecule has 0 bridgehead atoms. The molecule has 0 fully saturated rings. The van der Waals surface area contributed by atoms with E-state index in [2.05, 4.69) is 10.6 Å². The Kier molecular flexibility index (Phi) is 7.38. The summed E-state index contributed by atoms with van der Waals surface area (Å²) >= 11 is 6.07. The Morgan fingerprint density at radius 2 is 1.67 bits per heavy atom. The topological polar surface area (TPSA) is 92.3 Å². The van der Waals surface area contributed by atoms with Crippen LogP contribution in [0.4, 0.5) is 0 Å². The molecule has 0 spiro atoms. The van der Waals surface area contributed by atoms with Gasteiger partial charge in [0, 0.05) is 23.4 Å². The number of sulfone groups is 1. The van der Waals surface area contributed by atoms with Crippen molar-refractivity contribution in [3.63, 3.8) is 0 Å². The normalized spacial score (nSPS) is 12.2. The van der Waals surface area contributed by atoms with Crippen molar-refractivity contribution in [2.75, 3.05) is 12.0 Å². The zero-order valence-corrected chi connectivity index (χ0v) is 16.4. The van der Waals surface area contributed by atoms with Crippen molar-refractivity contribution in [1.29, 1.82) is 0 Å². The average molecular weight is 409 g/mol. The van der Waals surface area contributed by atoms with Crippen LogP contribution in [0.25, 0.3) is 0 Å². The third kappa shape index (κ3) is 7.03. The number of amides is 2. The molecule has 0 radical (unpaired) electrons. The van der Waals surface area contributed by atoms with Crippen molar-refractivity contribution in [1.82, 2.24) is 10.6 Å². The molecule has 27 heavy (non-hydrogen) atoms. The van der Waals surface area contributed by atoms with Crippen LogP contribution in [0.1, 0.15) is 22.3 Å². The van der Waals surface area contributed by atoms with E-state index in [-0.39, 0.29) is 18.7 Å². The molecule has 8 heteroatoms. The fourth-order valence-electron chi connectivity index (χ4n) is 2.38. The van der Waals surface area contributed by atoms with Gasteiger partial charge in [-0.1, -0.05) is 48.0 Å². The summed E-state index contributed by atoms with van der Waals surface area (Å²) in [5.74, 6) is -1.13. The zero-order valence-electron chi connectivity index (χ0n) is 14.8. The summed E-state index contributed by atoms with van der Waals surface area (Å²) in [4.78, 5) is 24.9. The Morgan fingerprint density at radius 1 is 1.04 bits per heavy atom. The van der Waals surface area contributed by atoms with Gasteiger partial charge in [0.15, 0.2) is 0 Å². The Morgan fingerprint density at radius 3 is 2.30 bits per heavy atom. The number of hydrogen-bond donors (Lipinski definition) is 2. The van der Waals surface area contributed by atoms with E-state index in [0.29, 0.717) is 10.6 Å². The minimum Gasteiger partial charge on any atom is -0.350 e. The molecular weight excluding hydrogens is 388 g/mol. The summed E-state index contributed by atoms with van der Waals surface area (Å²) in [6.45, 7) is 0.176. The van der Waals surface area contributed by atoms with Crippen LogP contribution in [0.3, 0.4) is 0 Å². The summed E-state index contributed by atoms with van der Waals surface area (Å²) in [6.07, 6.45) is 1.07. The molecule has 2 rings (SSSR count). The SMILES string of the molecule is CS(=O)(=O)CC[C@@H](NC(=O)c1ccccc1)C(=O)NCc1ccccc1Cl. The molecule has 0 aliphatic rings. The van der Waals surface area contributed by atoms with Gasteiger partial charge in [-0.3, -0.25) is 9.59 Å². The molecule has 6 nitrogen and oxygen atoms in total. The third-order valence-corrected chi connectivity index (χ3v) is 5.19. The first-order chi connectivity index (χ1) is 12.8. The summed E-state index contributed by atoms with van der Waals surface area (Å²) in [5, 5.41) is 5.82. The number of rotatable bonds is 8. The molecule has 0 saturated carbocycles. The molecule has 2 aromatic carbocycles. The fraction of sp³-hybridized carbons (Fsp3) is 0.263. The fourth-order valence-corrected chi connectivity index (χ4v) is 3.25. The Hall–Kier alpha value is -2.38. The highest BCUT2D eigenvalue weighted by molar-refractivity contribution is 7.90. The second-order valence-electron chi connectivity index (χ2n) is 6.12. The lowest BCUT2D eigenvalue weighted by atomic mass is 10.1. The van der Waals surface area contributed by atoms with Crippen LogP contribution in [0.5, 0.6) is 0 Å². The summed E-state index contributed by atoms with van der Waals surface area (Å²) in [5.41, 5.74) is 1.12. The summed E-state index contributed by atoms with van der Waals surface area (Å²) in [7, 11) is -3.28. The van der Waals surface area contributed by atoms with E-state index in [1.165, 1.54) is 0 Å². The van der Waals surface area contributed by atoms with E-state index in [1.807, 2.05) is 0 Å². The van der Waals surface area contributed by atoms with Gasteiger partial charge in [0.1, 0.15) is 15.9 Å². The van der Waals surface area contributed by atoms with E-state index < -0.39 is 27.7 Å². The van der Waals surface area contributed by atoms with Crippen LogP contribution in [0, 0.1) is 0 Å². The van der Waals surface area contributed by atoms with Crippen molar-refractivity contribution >= 4 is 33.3 Å². The van der Waals surface area contributed by atoms with Crippen molar-refractivity contribution in [2.24, 2.45) is 0 Å². The van der Waals surface area contributed by atoms with Gasteiger partial charge < -0.3 is 10.6 Å². The maximum Gasteiger partial charge on any atom is 0.251 e. The second-order valence-corrected chi connectivity index (χ2v) is 8.79. The van der Waals surface area contributed by atoms with Crippen molar-refractivity contribution in [3.8, 4) is 0 Å². The molecule has 0 heterocycles. The van der Waals surface area contributed by atoms with E-state index >= 15 is 0 Å². The summed E-state index contributed by atoms with van der Waals surface area (Å²) in [6, 6.07) is 14.5. The van der Waals surface area contributed by atoms with Crippen LogP contribution in [-0.4, -0.2) is 38.3 Å². The van der Waals surface area contributed by atoms with Crippen LogP contribution in [-0.2, 0) is 21.2 Å². The third-order valence-electron chi connectivity index (χ3n) is 3.85. The van der Waals surface area contributed by atoms with E-state index in [0.717, 1.165) is 11.8 Å². The molecule has 1 atom stereocenters. The predicted octanol–water partition coefficient (Wildman–Crippen LogP) is 2.19. The Balaban J connectivity index is 2.07. The lowest BCUT2D eigenvalue weighted by Gasteiger charge is -2.18. The molecule has 2 amide bonds. The maximum atomic E-state index is 12.5. The van der Waals surface area contributed by atoms with E-state index in [9.17, 15) is 18.0 Å². The average Bonchev–Trinajstić information content (AvgIpc) is 2.64. The smallest absolute Gasteiger partial charge is 0.251 e. The number of benzene rings is 2. The number of carbonyl (C=O) groups is 2. The maximum absolute atomic E-state index is 12.5. The number of hydrogen-bond acceptors (Lipinski definition) is 4. The Labute approximate surface area is 163 Å². The van der Waals surface area contributed by atoms with Gasteiger partial charge in [-0.25, -0.2) is 8.42 Å². The highest BCUT2D eigenvalue weighted by Crippen LogP contribution is 2.14. The van der Waals surface area contributed by atoms with Gasteiger partial charge in [-0.2, -0.15) is 0 Å². The molecule has 0 aliphatic carbocycles. The number of halogens is 1. The molecule has 0 unspecified atom stereocenters. The van der Waals surface area contributed by atoms with Gasteiger partial charge >= 0.3 is 0 Å². The van der Waals surface area contributed by atoms with Crippen molar-refractivity contribution < 1.29 is 18.0 Å². The minimum atomic E-state index is -3.28. The number of nitrogens with one attached hydrogen (secondary N) is 2. The van der Waals surface area contributed by atoms with Crippen LogP contribution < -0.4 is 10.6 Å². The van der Waals surface area contributed by atoms with Gasteiger partial charge in [-0.15, -0.1) is 0 Å². The first kappa shape index (κ1) is 20.9. The van der Waals surface area contributed by atoms with Crippen molar-refractivity contribution in [2.45, 2.75) is 19.0 Å². The molecule has 0 saturated heterocycles.